The summed E-state index contributed by atoms with van der Waals surface area (Å²) in [6.07, 6.45) is 0. The second kappa shape index (κ2) is 9.78. The first-order valence-corrected chi connectivity index (χ1v) is 10.3. The average molecular weight is 435 g/mol. The summed E-state index contributed by atoms with van der Waals surface area (Å²) in [4.78, 5) is 27.5. The van der Waals surface area contributed by atoms with Gasteiger partial charge in [0.25, 0.3) is 5.91 Å². The zero-order chi connectivity index (χ0) is 19.1. The molecule has 0 saturated heterocycles. The Labute approximate surface area is 167 Å². The quantitative estimate of drug-likeness (QED) is 0.625. The number of hydrogen-bond donors (Lipinski definition) is 1. The maximum atomic E-state index is 12.4. The molecule has 2 aromatic carbocycles. The third-order valence-electron chi connectivity index (χ3n) is 3.94. The lowest BCUT2D eigenvalue weighted by atomic mass is 10.1. The number of benzene rings is 2. The fraction of sp³-hybridized carbons (Fsp3) is 0.300. The van der Waals surface area contributed by atoms with Crippen LogP contribution in [0.5, 0.6) is 0 Å². The van der Waals surface area contributed by atoms with Crippen molar-refractivity contribution in [3.05, 3.63) is 58.1 Å². The largest absolute Gasteiger partial charge is 0.339 e. The number of thioether (sulfide) groups is 1. The van der Waals surface area contributed by atoms with Crippen LogP contribution < -0.4 is 5.32 Å². The van der Waals surface area contributed by atoms with Crippen molar-refractivity contribution in [1.29, 1.82) is 0 Å². The minimum absolute atomic E-state index is 0.0223. The van der Waals surface area contributed by atoms with E-state index in [2.05, 4.69) is 21.2 Å². The van der Waals surface area contributed by atoms with Crippen molar-refractivity contribution in [1.82, 2.24) is 4.90 Å². The van der Waals surface area contributed by atoms with Crippen molar-refractivity contribution in [3.63, 3.8) is 0 Å². The van der Waals surface area contributed by atoms with Crippen LogP contribution in [0.1, 0.15) is 29.8 Å². The van der Waals surface area contributed by atoms with Gasteiger partial charge in [-0.2, -0.15) is 0 Å². The molecule has 0 bridgehead atoms. The molecular formula is C20H23BrN2O2S. The van der Waals surface area contributed by atoms with Crippen molar-refractivity contribution < 1.29 is 9.59 Å². The predicted molar refractivity (Wildman–Crippen MR) is 112 cm³/mol. The molecule has 2 aromatic rings. The summed E-state index contributed by atoms with van der Waals surface area (Å²) in [5.74, 6) is 0.201. The molecule has 0 radical (unpaired) electrons. The number of rotatable bonds is 7. The maximum Gasteiger partial charge on any atom is 0.253 e. The third-order valence-corrected chi connectivity index (χ3v) is 5.61. The van der Waals surface area contributed by atoms with E-state index in [0.29, 0.717) is 30.1 Å². The fourth-order valence-corrected chi connectivity index (χ4v) is 3.82. The summed E-state index contributed by atoms with van der Waals surface area (Å²) in [6, 6.07) is 13.1. The highest BCUT2D eigenvalue weighted by Crippen LogP contribution is 2.25. The van der Waals surface area contributed by atoms with Crippen LogP contribution in [0.3, 0.4) is 0 Å². The smallest absolute Gasteiger partial charge is 0.253 e. The van der Waals surface area contributed by atoms with E-state index in [-0.39, 0.29) is 11.8 Å². The molecule has 0 aliphatic rings. The first-order chi connectivity index (χ1) is 12.4. The van der Waals surface area contributed by atoms with E-state index in [4.69, 9.17) is 0 Å². The lowest BCUT2D eigenvalue weighted by Gasteiger charge is -2.19. The molecule has 4 nitrogen and oxygen atoms in total. The lowest BCUT2D eigenvalue weighted by Crippen LogP contribution is -2.30. The summed E-state index contributed by atoms with van der Waals surface area (Å²) in [5.41, 5.74) is 2.35. The predicted octanol–water partition coefficient (Wildman–Crippen LogP) is 4.97. The number of hydrogen-bond acceptors (Lipinski definition) is 3. The van der Waals surface area contributed by atoms with Crippen LogP contribution in [-0.4, -0.2) is 35.6 Å². The molecule has 6 heteroatoms. The Morgan fingerprint density at radius 3 is 2.50 bits per heavy atom. The number of halogens is 1. The Bertz CT molecular complexity index is 791. The number of carbonyl (C=O) groups excluding carboxylic acids is 2. The third kappa shape index (κ3) is 5.61. The van der Waals surface area contributed by atoms with Gasteiger partial charge in [-0.15, -0.1) is 11.8 Å². The summed E-state index contributed by atoms with van der Waals surface area (Å²) < 4.78 is 1.03. The van der Waals surface area contributed by atoms with Crippen molar-refractivity contribution >= 4 is 45.2 Å². The number of carbonyl (C=O) groups is 2. The van der Waals surface area contributed by atoms with Crippen molar-refractivity contribution in [2.75, 3.05) is 24.2 Å². The summed E-state index contributed by atoms with van der Waals surface area (Å²) in [5, 5.41) is 2.87. The van der Waals surface area contributed by atoms with Crippen LogP contribution in [0.15, 0.2) is 51.8 Å². The van der Waals surface area contributed by atoms with Crippen LogP contribution in [0, 0.1) is 6.92 Å². The molecule has 0 atom stereocenters. The zero-order valence-electron chi connectivity index (χ0n) is 15.2. The van der Waals surface area contributed by atoms with Gasteiger partial charge >= 0.3 is 0 Å². The van der Waals surface area contributed by atoms with Crippen molar-refractivity contribution in [2.45, 2.75) is 25.7 Å². The van der Waals surface area contributed by atoms with Gasteiger partial charge in [0.2, 0.25) is 5.91 Å². The molecule has 0 aromatic heterocycles. The first kappa shape index (κ1) is 20.5. The molecule has 138 valence electrons. The minimum Gasteiger partial charge on any atom is -0.339 e. The molecule has 2 rings (SSSR count). The highest BCUT2D eigenvalue weighted by Gasteiger charge is 2.13. The van der Waals surface area contributed by atoms with Crippen LogP contribution in [0.25, 0.3) is 0 Å². The molecule has 2 amide bonds. The van der Waals surface area contributed by atoms with Gasteiger partial charge in [0.15, 0.2) is 0 Å². The molecule has 0 saturated carbocycles. The molecule has 0 unspecified atom stereocenters. The fourth-order valence-electron chi connectivity index (χ4n) is 2.54. The molecule has 0 aliphatic heterocycles. The van der Waals surface area contributed by atoms with E-state index in [1.54, 1.807) is 29.2 Å². The molecule has 0 heterocycles. The molecule has 1 N–H and O–H groups in total. The second-order valence-electron chi connectivity index (χ2n) is 5.80. The summed E-state index contributed by atoms with van der Waals surface area (Å²) in [6.45, 7) is 7.25. The Balaban J connectivity index is 1.98. The number of anilines is 1. The summed E-state index contributed by atoms with van der Waals surface area (Å²) in [7, 11) is 0. The Morgan fingerprint density at radius 2 is 1.85 bits per heavy atom. The van der Waals surface area contributed by atoms with Crippen LogP contribution in [0.2, 0.25) is 0 Å². The highest BCUT2D eigenvalue weighted by atomic mass is 79.9. The minimum atomic E-state index is -0.0928. The second-order valence-corrected chi connectivity index (χ2v) is 7.74. The lowest BCUT2D eigenvalue weighted by molar-refractivity contribution is -0.113. The van der Waals surface area contributed by atoms with Gasteiger partial charge in [0, 0.05) is 33.7 Å². The number of aryl methyl sites for hydroxylation is 1. The van der Waals surface area contributed by atoms with Gasteiger partial charge in [-0.25, -0.2) is 0 Å². The van der Waals surface area contributed by atoms with E-state index in [0.717, 1.165) is 14.9 Å². The molecule has 26 heavy (non-hydrogen) atoms. The topological polar surface area (TPSA) is 49.4 Å². The average Bonchev–Trinajstić information content (AvgIpc) is 2.62. The van der Waals surface area contributed by atoms with Crippen molar-refractivity contribution in [3.8, 4) is 0 Å². The standard InChI is InChI=1S/C20H23BrN2O2S/c1-4-23(5-2)20(25)15-7-6-8-17(12-15)22-19(24)13-26-18-10-9-16(21)11-14(18)3/h6-12H,4-5,13H2,1-3H3,(H,22,24). The van der Waals surface area contributed by atoms with E-state index >= 15 is 0 Å². The monoisotopic (exact) mass is 434 g/mol. The van der Waals surface area contributed by atoms with Gasteiger partial charge in [0.1, 0.15) is 0 Å². The van der Waals surface area contributed by atoms with Crippen LogP contribution in [-0.2, 0) is 4.79 Å². The SMILES string of the molecule is CCN(CC)C(=O)c1cccc(NC(=O)CSc2ccc(Br)cc2C)c1. The van der Waals surface area contributed by atoms with E-state index in [9.17, 15) is 9.59 Å². The number of amides is 2. The number of nitrogens with one attached hydrogen (secondary N) is 1. The van der Waals surface area contributed by atoms with Crippen LogP contribution >= 0.6 is 27.7 Å². The Kier molecular flexibility index (Phi) is 7.72. The van der Waals surface area contributed by atoms with E-state index < -0.39 is 0 Å². The van der Waals surface area contributed by atoms with Gasteiger partial charge in [-0.1, -0.05) is 22.0 Å². The maximum absolute atomic E-state index is 12.4. The molecule has 0 spiro atoms. The Hall–Kier alpha value is -1.79. The van der Waals surface area contributed by atoms with Crippen LogP contribution in [0.4, 0.5) is 5.69 Å². The molecular weight excluding hydrogens is 412 g/mol. The summed E-state index contributed by atoms with van der Waals surface area (Å²) >= 11 is 4.94. The van der Waals surface area contributed by atoms with Gasteiger partial charge in [-0.3, -0.25) is 9.59 Å². The van der Waals surface area contributed by atoms with Gasteiger partial charge in [0.05, 0.1) is 5.75 Å². The first-order valence-electron chi connectivity index (χ1n) is 8.52. The molecule has 0 aliphatic carbocycles. The number of nitrogens with zero attached hydrogens (tertiary/aromatic N) is 1. The van der Waals surface area contributed by atoms with Gasteiger partial charge in [-0.05, 0) is 62.7 Å². The van der Waals surface area contributed by atoms with E-state index in [1.807, 2.05) is 39.0 Å². The Morgan fingerprint density at radius 1 is 1.12 bits per heavy atom. The van der Waals surface area contributed by atoms with E-state index in [1.165, 1.54) is 11.8 Å². The molecule has 0 fully saturated rings. The van der Waals surface area contributed by atoms with Crippen molar-refractivity contribution in [2.24, 2.45) is 0 Å². The highest BCUT2D eigenvalue weighted by molar-refractivity contribution is 9.10. The normalized spacial score (nSPS) is 10.5. The zero-order valence-corrected chi connectivity index (χ0v) is 17.6. The van der Waals surface area contributed by atoms with Gasteiger partial charge < -0.3 is 10.2 Å².